The average Bonchev–Trinajstić information content (AvgIpc) is 3.32. The van der Waals surface area contributed by atoms with E-state index in [2.05, 4.69) is 59.4 Å². The molecule has 6 nitrogen and oxygen atoms in total. The highest BCUT2D eigenvalue weighted by Crippen LogP contribution is 2.32. The summed E-state index contributed by atoms with van der Waals surface area (Å²) in [5.41, 5.74) is 5.10. The van der Waals surface area contributed by atoms with Crippen molar-refractivity contribution in [2.45, 2.75) is 32.6 Å². The van der Waals surface area contributed by atoms with Gasteiger partial charge in [0.15, 0.2) is 0 Å². The van der Waals surface area contributed by atoms with Crippen molar-refractivity contribution < 1.29 is 4.79 Å². The van der Waals surface area contributed by atoms with Crippen LogP contribution in [0, 0.1) is 12.8 Å². The predicted octanol–water partition coefficient (Wildman–Crippen LogP) is 5.10. The Morgan fingerprint density at radius 2 is 1.94 bits per heavy atom. The van der Waals surface area contributed by atoms with E-state index in [0.717, 1.165) is 29.5 Å². The quantitative estimate of drug-likeness (QED) is 0.398. The van der Waals surface area contributed by atoms with Crippen molar-refractivity contribution in [1.29, 1.82) is 0 Å². The van der Waals surface area contributed by atoms with Crippen molar-refractivity contribution in [3.8, 4) is 11.1 Å². The minimum atomic E-state index is -0.108. The largest absolute Gasteiger partial charge is 0.355 e. The zero-order valence-corrected chi connectivity index (χ0v) is 20.9. The van der Waals surface area contributed by atoms with Crippen molar-refractivity contribution in [3.63, 3.8) is 0 Å². The van der Waals surface area contributed by atoms with E-state index in [9.17, 15) is 9.59 Å². The number of H-pyrrole nitrogens is 1. The SMILES string of the molecule is Cc1cccc(-c2csc3c(=O)[nH]c(N4CCC(C(=O)NC[C@H](C)c5ccccc5)CC4)nc23)c1. The molecule has 0 aliphatic carbocycles. The van der Waals surface area contributed by atoms with Crippen LogP contribution in [0.2, 0.25) is 0 Å². The van der Waals surface area contributed by atoms with Crippen LogP contribution < -0.4 is 15.8 Å². The molecule has 1 saturated heterocycles. The van der Waals surface area contributed by atoms with Gasteiger partial charge in [0, 0.05) is 36.5 Å². The molecule has 7 heteroatoms. The second-order valence-electron chi connectivity index (χ2n) is 9.40. The third-order valence-corrected chi connectivity index (χ3v) is 7.83. The van der Waals surface area contributed by atoms with Crippen LogP contribution in [-0.4, -0.2) is 35.5 Å². The number of carbonyl (C=O) groups is 1. The molecular formula is C28H30N4O2S. The number of carbonyl (C=O) groups excluding carboxylic acids is 1. The maximum absolute atomic E-state index is 12.8. The first-order valence-corrected chi connectivity index (χ1v) is 13.0. The molecule has 1 fully saturated rings. The first kappa shape index (κ1) is 23.3. The first-order chi connectivity index (χ1) is 17.0. The van der Waals surface area contributed by atoms with Gasteiger partial charge in [0.25, 0.3) is 5.56 Å². The summed E-state index contributed by atoms with van der Waals surface area (Å²) in [5.74, 6) is 0.957. The number of fused-ring (bicyclic) bond motifs is 1. The Balaban J connectivity index is 1.25. The topological polar surface area (TPSA) is 78.1 Å². The summed E-state index contributed by atoms with van der Waals surface area (Å²) in [7, 11) is 0. The van der Waals surface area contributed by atoms with Gasteiger partial charge in [-0.1, -0.05) is 67.1 Å². The zero-order valence-electron chi connectivity index (χ0n) is 20.1. The number of thiophene rings is 1. The molecule has 1 atom stereocenters. The molecule has 1 aliphatic heterocycles. The molecule has 0 saturated carbocycles. The summed E-state index contributed by atoms with van der Waals surface area (Å²) in [6, 6.07) is 18.5. The van der Waals surface area contributed by atoms with Gasteiger partial charge < -0.3 is 10.2 Å². The highest BCUT2D eigenvalue weighted by molar-refractivity contribution is 7.17. The van der Waals surface area contributed by atoms with Gasteiger partial charge in [0.1, 0.15) is 4.70 Å². The minimum Gasteiger partial charge on any atom is -0.355 e. The lowest BCUT2D eigenvalue weighted by Gasteiger charge is -2.31. The molecule has 1 amide bonds. The Hall–Kier alpha value is -3.45. The number of nitrogens with zero attached hydrogens (tertiary/aromatic N) is 2. The van der Waals surface area contributed by atoms with Gasteiger partial charge in [-0.25, -0.2) is 4.98 Å². The number of nitrogens with one attached hydrogen (secondary N) is 2. The van der Waals surface area contributed by atoms with Gasteiger partial charge in [-0.2, -0.15) is 0 Å². The molecule has 35 heavy (non-hydrogen) atoms. The van der Waals surface area contributed by atoms with Gasteiger partial charge in [-0.3, -0.25) is 14.6 Å². The average molecular weight is 487 g/mol. The van der Waals surface area contributed by atoms with Crippen LogP contribution in [0.5, 0.6) is 0 Å². The Morgan fingerprint density at radius 1 is 1.17 bits per heavy atom. The highest BCUT2D eigenvalue weighted by atomic mass is 32.1. The minimum absolute atomic E-state index is 0.0197. The lowest BCUT2D eigenvalue weighted by molar-refractivity contribution is -0.125. The van der Waals surface area contributed by atoms with Crippen LogP contribution >= 0.6 is 11.3 Å². The number of benzene rings is 2. The summed E-state index contributed by atoms with van der Waals surface area (Å²) in [5, 5.41) is 5.15. The van der Waals surface area contributed by atoms with Crippen molar-refractivity contribution in [3.05, 3.63) is 81.5 Å². The molecule has 5 rings (SSSR count). The lowest BCUT2D eigenvalue weighted by Crippen LogP contribution is -2.42. The Bertz CT molecular complexity index is 1390. The van der Waals surface area contributed by atoms with E-state index in [1.165, 1.54) is 22.5 Å². The molecule has 2 aromatic carbocycles. The fourth-order valence-electron chi connectivity index (χ4n) is 4.73. The zero-order chi connectivity index (χ0) is 24.4. The Morgan fingerprint density at radius 3 is 2.69 bits per heavy atom. The fourth-order valence-corrected chi connectivity index (χ4v) is 5.64. The standard InChI is InChI=1S/C28H30N4O2S/c1-18-7-6-10-22(15-18)23-17-35-25-24(23)30-28(31-27(25)34)32-13-11-21(12-14-32)26(33)29-16-19(2)20-8-4-3-5-9-20/h3-10,15,17,19,21H,11-14,16H2,1-2H3,(H,29,33)(H,30,31,34)/t19-/m0/s1. The van der Waals surface area contributed by atoms with Gasteiger partial charge in [0.05, 0.1) is 5.52 Å². The van der Waals surface area contributed by atoms with E-state index in [1.54, 1.807) is 0 Å². The van der Waals surface area contributed by atoms with Crippen LogP contribution in [0.1, 0.15) is 36.8 Å². The Labute approximate surface area is 209 Å². The van der Waals surface area contributed by atoms with Crippen LogP contribution in [0.3, 0.4) is 0 Å². The lowest BCUT2D eigenvalue weighted by atomic mass is 9.95. The van der Waals surface area contributed by atoms with Gasteiger partial charge in [-0.15, -0.1) is 11.3 Å². The monoisotopic (exact) mass is 486 g/mol. The molecule has 4 aromatic rings. The number of hydrogen-bond acceptors (Lipinski definition) is 5. The molecular weight excluding hydrogens is 456 g/mol. The Kier molecular flexibility index (Phi) is 6.68. The number of amides is 1. The molecule has 2 aromatic heterocycles. The third kappa shape index (κ3) is 5.00. The first-order valence-electron chi connectivity index (χ1n) is 12.2. The second-order valence-corrected chi connectivity index (χ2v) is 10.3. The summed E-state index contributed by atoms with van der Waals surface area (Å²) in [6.07, 6.45) is 1.48. The normalized spacial score (nSPS) is 15.3. The van der Waals surface area contributed by atoms with Gasteiger partial charge in [-0.05, 0) is 36.8 Å². The van der Waals surface area contributed by atoms with Crippen molar-refractivity contribution in [2.24, 2.45) is 5.92 Å². The summed E-state index contributed by atoms with van der Waals surface area (Å²) in [6.45, 7) is 6.20. The fraction of sp³-hybridized carbons (Fsp3) is 0.321. The predicted molar refractivity (Wildman–Crippen MR) is 143 cm³/mol. The molecule has 0 spiro atoms. The van der Waals surface area contributed by atoms with E-state index in [-0.39, 0.29) is 23.3 Å². The number of piperidine rings is 1. The summed E-state index contributed by atoms with van der Waals surface area (Å²) < 4.78 is 0.645. The van der Waals surface area contributed by atoms with E-state index in [4.69, 9.17) is 4.98 Å². The van der Waals surface area contributed by atoms with E-state index in [1.807, 2.05) is 29.6 Å². The van der Waals surface area contributed by atoms with Crippen molar-refractivity contribution in [1.82, 2.24) is 15.3 Å². The number of hydrogen-bond donors (Lipinski definition) is 2. The number of rotatable bonds is 6. The van der Waals surface area contributed by atoms with E-state index < -0.39 is 0 Å². The molecule has 0 radical (unpaired) electrons. The van der Waals surface area contributed by atoms with Crippen molar-refractivity contribution >= 4 is 33.4 Å². The molecule has 0 unspecified atom stereocenters. The maximum atomic E-state index is 12.8. The molecule has 180 valence electrons. The van der Waals surface area contributed by atoms with E-state index in [0.29, 0.717) is 30.3 Å². The molecule has 0 bridgehead atoms. The van der Waals surface area contributed by atoms with Crippen LogP contribution in [-0.2, 0) is 4.79 Å². The molecule has 2 N–H and O–H groups in total. The smallest absolute Gasteiger partial charge is 0.270 e. The molecule has 1 aliphatic rings. The summed E-state index contributed by atoms with van der Waals surface area (Å²) >= 11 is 1.43. The third-order valence-electron chi connectivity index (χ3n) is 6.86. The van der Waals surface area contributed by atoms with E-state index >= 15 is 0 Å². The summed E-state index contributed by atoms with van der Waals surface area (Å²) in [4.78, 5) is 35.5. The number of anilines is 1. The number of aryl methyl sites for hydroxylation is 1. The second kappa shape index (κ2) is 10.0. The number of aromatic nitrogens is 2. The maximum Gasteiger partial charge on any atom is 0.270 e. The van der Waals surface area contributed by atoms with Crippen molar-refractivity contribution in [2.75, 3.05) is 24.5 Å². The molecule has 3 heterocycles. The van der Waals surface area contributed by atoms with Crippen LogP contribution in [0.25, 0.3) is 21.3 Å². The van der Waals surface area contributed by atoms with Crippen LogP contribution in [0.4, 0.5) is 5.95 Å². The van der Waals surface area contributed by atoms with Gasteiger partial charge >= 0.3 is 0 Å². The van der Waals surface area contributed by atoms with Crippen LogP contribution in [0.15, 0.2) is 64.8 Å². The highest BCUT2D eigenvalue weighted by Gasteiger charge is 2.27. The van der Waals surface area contributed by atoms with Gasteiger partial charge in [0.2, 0.25) is 11.9 Å². The number of aromatic amines is 1.